The molecule has 1 aliphatic heterocycles. The van der Waals surface area contributed by atoms with E-state index >= 15 is 0 Å². The maximum atomic E-state index is 6.70. The Kier molecular flexibility index (Phi) is 8.28. The topological polar surface area (TPSA) is 107 Å². The molecule has 6 aromatic heterocycles. The van der Waals surface area contributed by atoms with Crippen LogP contribution in [0.1, 0.15) is 0 Å². The Labute approximate surface area is 284 Å². The lowest BCUT2D eigenvalue weighted by Gasteiger charge is -2.31. The zero-order valence-corrected chi connectivity index (χ0v) is 31.8. The van der Waals surface area contributed by atoms with E-state index < -0.39 is 45.6 Å². The molecule has 0 aliphatic carbocycles. The first-order valence-electron chi connectivity index (χ1n) is 16.1. The van der Waals surface area contributed by atoms with Crippen LogP contribution in [0.25, 0.3) is 33.4 Å². The average Bonchev–Trinajstić information content (AvgIpc) is 3.87. The van der Waals surface area contributed by atoms with Crippen LogP contribution in [-0.2, 0) is 13.7 Å². The average molecular weight is 696 g/mol. The van der Waals surface area contributed by atoms with E-state index in [0.29, 0.717) is 0 Å². The zero-order chi connectivity index (χ0) is 34.0. The second kappa shape index (κ2) is 12.1. The second-order valence-corrected chi connectivity index (χ2v) is 30.6. The lowest BCUT2D eigenvalue weighted by molar-refractivity contribution is 0.308. The molecule has 0 unspecified atom stereocenters. The molecular weight excluding hydrogens is 657 g/mol. The summed E-state index contributed by atoms with van der Waals surface area (Å²) in [6, 6.07) is 0. The summed E-state index contributed by atoms with van der Waals surface area (Å²) in [5, 5.41) is 3.53. The highest BCUT2D eigenvalue weighted by molar-refractivity contribution is 6.92. The molecule has 0 atom stereocenters. The first-order valence-corrected chi connectivity index (χ1v) is 26.6. The molecule has 246 valence electrons. The molecule has 1 fully saturated rings. The minimum absolute atomic E-state index is 0.724. The van der Waals surface area contributed by atoms with Gasteiger partial charge in [-0.1, -0.05) is 58.9 Å². The van der Waals surface area contributed by atoms with Crippen molar-refractivity contribution >= 4 is 77.5 Å². The van der Waals surface area contributed by atoms with Crippen molar-refractivity contribution in [3.05, 3.63) is 75.2 Å². The van der Waals surface area contributed by atoms with Crippen LogP contribution in [0.15, 0.2) is 102 Å². The van der Waals surface area contributed by atoms with Gasteiger partial charge in [-0.2, -0.15) is 0 Å². The largest absolute Gasteiger partial charge is 0.472 e. The van der Waals surface area contributed by atoms with Gasteiger partial charge < -0.3 is 40.2 Å². The summed E-state index contributed by atoms with van der Waals surface area (Å²) in [4.78, 5) is 0. The van der Waals surface area contributed by atoms with Gasteiger partial charge in [-0.05, 0) is 15.6 Å². The predicted octanol–water partition coefficient (Wildman–Crippen LogP) is 5.43. The van der Waals surface area contributed by atoms with Crippen molar-refractivity contribution in [3.63, 3.8) is 0 Å². The zero-order valence-electron chi connectivity index (χ0n) is 28.8. The minimum Gasteiger partial charge on any atom is -0.472 e. The summed E-state index contributed by atoms with van der Waals surface area (Å²) < 4.78 is 54.8. The van der Waals surface area contributed by atoms with Crippen LogP contribution in [-0.4, -0.2) is 45.6 Å². The number of rotatable bonds is 9. The second-order valence-electron chi connectivity index (χ2n) is 15.5. The van der Waals surface area contributed by atoms with E-state index in [2.05, 4.69) is 58.9 Å². The van der Waals surface area contributed by atoms with Gasteiger partial charge in [0.15, 0.2) is 0 Å². The normalized spacial score (nSPS) is 14.8. The first-order chi connectivity index (χ1) is 22.7. The fourth-order valence-electron chi connectivity index (χ4n) is 6.26. The fraction of sp³-hybridized carbons (Fsp3) is 0.273. The van der Waals surface area contributed by atoms with E-state index in [0.717, 1.165) is 49.8 Å². The van der Waals surface area contributed by atoms with Crippen molar-refractivity contribution in [2.45, 2.75) is 58.9 Å². The maximum absolute atomic E-state index is 6.70. The van der Waals surface area contributed by atoms with Crippen LogP contribution in [0.4, 0.5) is 0 Å². The van der Waals surface area contributed by atoms with E-state index in [1.807, 2.05) is 18.8 Å². The monoisotopic (exact) mass is 696 g/mol. The molecule has 1 saturated heterocycles. The third-order valence-electron chi connectivity index (χ3n) is 8.86. The van der Waals surface area contributed by atoms with Gasteiger partial charge in [0.2, 0.25) is 0 Å². The Morgan fingerprint density at radius 1 is 0.312 bits per heavy atom. The lowest BCUT2D eigenvalue weighted by Crippen LogP contribution is -2.61. The molecular formula is C33H39B3O9Si3. The van der Waals surface area contributed by atoms with E-state index in [4.69, 9.17) is 40.2 Å². The molecule has 0 amide bonds. The van der Waals surface area contributed by atoms with E-state index in [-0.39, 0.29) is 0 Å². The van der Waals surface area contributed by atoms with E-state index in [9.17, 15) is 0 Å². The Bertz CT molecular complexity index is 1790. The molecule has 7 rings (SSSR count). The van der Waals surface area contributed by atoms with Crippen LogP contribution in [0.5, 0.6) is 0 Å². The summed E-state index contributed by atoms with van der Waals surface area (Å²) in [7, 11) is -7.92. The predicted molar refractivity (Wildman–Crippen MR) is 198 cm³/mol. The fourth-order valence-corrected chi connectivity index (χ4v) is 10.5. The van der Waals surface area contributed by atoms with Crippen molar-refractivity contribution in [1.82, 2.24) is 0 Å². The molecule has 0 aromatic carbocycles. The highest BCUT2D eigenvalue weighted by Gasteiger charge is 2.48. The molecule has 48 heavy (non-hydrogen) atoms. The Hall–Kier alpha value is -3.59. The van der Waals surface area contributed by atoms with Gasteiger partial charge in [-0.15, -0.1) is 0 Å². The molecule has 9 nitrogen and oxygen atoms in total. The highest BCUT2D eigenvalue weighted by atomic mass is 28.3. The maximum Gasteiger partial charge on any atom is 0.470 e. The van der Waals surface area contributed by atoms with Gasteiger partial charge in [-0.25, -0.2) is 0 Å². The van der Waals surface area contributed by atoms with Gasteiger partial charge in [0.1, 0.15) is 0 Å². The summed E-state index contributed by atoms with van der Waals surface area (Å²) in [5.41, 5.74) is 7.60. The van der Waals surface area contributed by atoms with Crippen LogP contribution < -0.4 is 31.9 Å². The van der Waals surface area contributed by atoms with Crippen molar-refractivity contribution in [1.29, 1.82) is 0 Å². The molecule has 6 aromatic rings. The van der Waals surface area contributed by atoms with E-state index in [1.165, 1.54) is 15.6 Å². The summed E-state index contributed by atoms with van der Waals surface area (Å²) >= 11 is 0. The molecule has 0 radical (unpaired) electrons. The molecule has 0 spiro atoms. The Morgan fingerprint density at radius 2 is 0.542 bits per heavy atom. The molecule has 0 N–H and O–H groups in total. The van der Waals surface area contributed by atoms with E-state index in [1.54, 1.807) is 56.4 Å². The first kappa shape index (κ1) is 32.9. The Morgan fingerprint density at radius 3 is 0.792 bits per heavy atom. The SMILES string of the molecule is C[Si](C)(C)c1cocc1-c1cocc1B1OB(c2cocc2-c2cocc2[Si](C)(C)C)OB(c2cocc2-c2cocc2[Si](C)(C)C)O1. The van der Waals surface area contributed by atoms with Gasteiger partial charge in [0.05, 0.1) is 99.4 Å². The van der Waals surface area contributed by atoms with Crippen LogP contribution in [0.2, 0.25) is 58.9 Å². The number of hydrogen-bond acceptors (Lipinski definition) is 9. The lowest BCUT2D eigenvalue weighted by atomic mass is 9.60. The number of furan rings is 6. The van der Waals surface area contributed by atoms with Crippen LogP contribution >= 0.6 is 0 Å². The van der Waals surface area contributed by atoms with Gasteiger partial charge in [0, 0.05) is 49.8 Å². The van der Waals surface area contributed by atoms with Crippen molar-refractivity contribution in [2.75, 3.05) is 0 Å². The molecule has 7 heterocycles. The molecule has 1 aliphatic rings. The summed E-state index contributed by atoms with van der Waals surface area (Å²) in [5.74, 6) is 0. The number of hydrogen-bond donors (Lipinski definition) is 0. The van der Waals surface area contributed by atoms with Crippen LogP contribution in [0, 0.1) is 0 Å². The minimum atomic E-state index is -1.76. The third kappa shape index (κ3) is 5.96. The highest BCUT2D eigenvalue weighted by Crippen LogP contribution is 2.28. The van der Waals surface area contributed by atoms with Crippen LogP contribution in [0.3, 0.4) is 0 Å². The molecule has 15 heteroatoms. The van der Waals surface area contributed by atoms with Crippen molar-refractivity contribution in [2.24, 2.45) is 0 Å². The molecule has 0 saturated carbocycles. The van der Waals surface area contributed by atoms with Gasteiger partial charge in [0.25, 0.3) is 0 Å². The Balaban J connectivity index is 1.34. The van der Waals surface area contributed by atoms with Crippen molar-refractivity contribution < 1.29 is 40.2 Å². The van der Waals surface area contributed by atoms with Gasteiger partial charge >= 0.3 is 21.4 Å². The quantitative estimate of drug-likeness (QED) is 0.183. The summed E-state index contributed by atoms with van der Waals surface area (Å²) in [6.07, 6.45) is 21.0. The standard InChI is InChI=1S/C33H39B3O9Si3/c1-46(2,3)31-19-40-13-25(31)22-10-37-16-28(22)34-43-35(29-17-38-11-23(29)26-14-41-20-32(26)47(4,5)6)45-36(44-34)30-18-39-12-24(30)27-15-42-21-33(27)48(7,8)9/h10-21H,1-9H3. The summed E-state index contributed by atoms with van der Waals surface area (Å²) in [6.45, 7) is 20.5. The van der Waals surface area contributed by atoms with Gasteiger partial charge in [-0.3, -0.25) is 0 Å². The smallest absolute Gasteiger partial charge is 0.470 e. The molecule has 0 bridgehead atoms. The van der Waals surface area contributed by atoms with Crippen molar-refractivity contribution in [3.8, 4) is 33.4 Å². The third-order valence-corrected chi connectivity index (χ3v) is 14.9.